The third-order valence-electron chi connectivity index (χ3n) is 6.35. The first-order valence-corrected chi connectivity index (χ1v) is 13.4. The average Bonchev–Trinajstić information content (AvgIpc) is 3.48. The summed E-state index contributed by atoms with van der Waals surface area (Å²) < 4.78 is 48.2. The number of para-hydroxylation sites is 1. The van der Waals surface area contributed by atoms with Gasteiger partial charge in [-0.05, 0) is 32.4 Å². The first kappa shape index (κ1) is 26.1. The summed E-state index contributed by atoms with van der Waals surface area (Å²) in [5.74, 6) is 1.24. The second-order valence-electron chi connectivity index (χ2n) is 8.71. The van der Waals surface area contributed by atoms with Crippen molar-refractivity contribution in [3.8, 4) is 17.2 Å². The van der Waals surface area contributed by atoms with E-state index in [1.54, 1.807) is 36.6 Å². The fraction of sp³-hybridized carbons (Fsp3) is 0.478. The van der Waals surface area contributed by atoms with E-state index >= 15 is 0 Å². The van der Waals surface area contributed by atoms with Gasteiger partial charge in [-0.25, -0.2) is 18.4 Å². The molecule has 3 aromatic rings. The fourth-order valence-corrected chi connectivity index (χ4v) is 5.48. The van der Waals surface area contributed by atoms with Gasteiger partial charge in [0.2, 0.25) is 16.0 Å². The van der Waals surface area contributed by atoms with Gasteiger partial charge < -0.3 is 14.2 Å². The number of hydrogen-bond donors (Lipinski definition) is 1. The van der Waals surface area contributed by atoms with E-state index in [0.29, 0.717) is 46.9 Å². The number of nitrogens with one attached hydrogen (secondary N) is 1. The number of nitrogens with zero attached hydrogens (tertiary/aromatic N) is 5. The Bertz CT molecular complexity index is 1290. The molecule has 1 N–H and O–H groups in total. The molecule has 1 aliphatic heterocycles. The number of sulfonamides is 1. The minimum Gasteiger partial charge on any atom is -0.494 e. The Morgan fingerprint density at radius 2 is 1.78 bits per heavy atom. The predicted octanol–water partition coefficient (Wildman–Crippen LogP) is 3.55. The largest absolute Gasteiger partial charge is 0.494 e. The molecule has 13 heteroatoms. The summed E-state index contributed by atoms with van der Waals surface area (Å²) in [6, 6.07) is 5.30. The van der Waals surface area contributed by atoms with Crippen molar-refractivity contribution in [3.05, 3.63) is 47.3 Å². The van der Waals surface area contributed by atoms with E-state index in [1.165, 1.54) is 26.6 Å². The molecule has 0 unspecified atom stereocenters. The van der Waals surface area contributed by atoms with Crippen LogP contribution in [0.15, 0.2) is 30.6 Å². The highest BCUT2D eigenvalue weighted by atomic mass is 35.5. The van der Waals surface area contributed by atoms with Crippen molar-refractivity contribution in [3.63, 3.8) is 0 Å². The molecule has 1 aliphatic rings. The van der Waals surface area contributed by atoms with Crippen LogP contribution < -0.4 is 14.2 Å². The molecule has 1 saturated heterocycles. The molecule has 1 fully saturated rings. The van der Waals surface area contributed by atoms with E-state index in [4.69, 9.17) is 25.8 Å². The zero-order chi connectivity index (χ0) is 26.0. The Balaban J connectivity index is 1.77. The van der Waals surface area contributed by atoms with E-state index in [1.807, 2.05) is 6.92 Å². The Morgan fingerprint density at radius 3 is 2.33 bits per heavy atom. The maximum absolute atomic E-state index is 13.5. The molecule has 4 rings (SSSR count). The molecule has 1 aromatic carbocycles. The lowest BCUT2D eigenvalue weighted by molar-refractivity contribution is 0.123. The molecule has 2 aromatic heterocycles. The van der Waals surface area contributed by atoms with Gasteiger partial charge in [-0.2, -0.15) is 0 Å². The van der Waals surface area contributed by atoms with Gasteiger partial charge in [0.25, 0.3) is 0 Å². The molecule has 0 aliphatic carbocycles. The van der Waals surface area contributed by atoms with Crippen LogP contribution in [0, 0.1) is 0 Å². The van der Waals surface area contributed by atoms with Gasteiger partial charge in [-0.1, -0.05) is 24.6 Å². The van der Waals surface area contributed by atoms with Crippen molar-refractivity contribution in [1.29, 1.82) is 0 Å². The van der Waals surface area contributed by atoms with Gasteiger partial charge in [0.1, 0.15) is 28.8 Å². The van der Waals surface area contributed by atoms with E-state index in [2.05, 4.69) is 24.9 Å². The van der Waals surface area contributed by atoms with Crippen molar-refractivity contribution < 1.29 is 22.6 Å². The van der Waals surface area contributed by atoms with Crippen LogP contribution in [-0.2, 0) is 14.8 Å². The molecular formula is C23H29ClN6O5S. The molecule has 0 spiro atoms. The topological polar surface area (TPSA) is 130 Å². The molecule has 0 amide bonds. The number of hydrogen-bond acceptors (Lipinski definition) is 9. The maximum Gasteiger partial charge on any atom is 0.243 e. The Labute approximate surface area is 215 Å². The summed E-state index contributed by atoms with van der Waals surface area (Å²) in [5, 5.41) is 8.07. The number of anilines is 1. The number of benzene rings is 1. The zero-order valence-electron chi connectivity index (χ0n) is 20.7. The van der Waals surface area contributed by atoms with Gasteiger partial charge in [0.15, 0.2) is 0 Å². The van der Waals surface area contributed by atoms with Gasteiger partial charge in [0, 0.05) is 24.2 Å². The normalized spacial score (nSPS) is 19.6. The summed E-state index contributed by atoms with van der Waals surface area (Å²) in [5.41, 5.74) is 0.487. The molecule has 0 saturated carbocycles. The SMILES string of the molecule is COc1cccc(OC)c1-n1c(NS(=O)(=O)[C@@H](C)[C@H](C)c2ncc(Cl)cn2)nnc1[C@@H]1CO[C@@H](C)C1. The highest BCUT2D eigenvalue weighted by Crippen LogP contribution is 2.39. The van der Waals surface area contributed by atoms with Crippen molar-refractivity contribution in [2.45, 2.75) is 50.4 Å². The van der Waals surface area contributed by atoms with Crippen LogP contribution in [0.25, 0.3) is 5.69 Å². The number of ether oxygens (including phenoxy) is 3. The molecule has 0 bridgehead atoms. The highest BCUT2D eigenvalue weighted by Gasteiger charge is 2.35. The van der Waals surface area contributed by atoms with Gasteiger partial charge in [-0.3, -0.25) is 9.29 Å². The van der Waals surface area contributed by atoms with Crippen molar-refractivity contribution >= 4 is 27.6 Å². The molecule has 4 atom stereocenters. The summed E-state index contributed by atoms with van der Waals surface area (Å²) in [7, 11) is -0.900. The van der Waals surface area contributed by atoms with Crippen LogP contribution in [0.1, 0.15) is 50.7 Å². The lowest BCUT2D eigenvalue weighted by atomic mass is 10.1. The fourth-order valence-electron chi connectivity index (χ4n) is 4.15. The van der Waals surface area contributed by atoms with Crippen LogP contribution >= 0.6 is 11.6 Å². The number of methoxy groups -OCH3 is 2. The molecule has 194 valence electrons. The standard InChI is InChI=1S/C23H29ClN6O5S/c1-13-9-16(12-35-13)22-27-28-23(30(22)20-18(33-4)7-6-8-19(20)34-5)29-36(31,32)15(3)14(2)21-25-10-17(24)11-26-21/h6-8,10-11,13-16H,9,12H2,1-5H3,(H,28,29)/t13-,14-,15-,16-/m0/s1. The highest BCUT2D eigenvalue weighted by molar-refractivity contribution is 7.93. The molecule has 0 radical (unpaired) electrons. The number of halogens is 1. The van der Waals surface area contributed by atoms with Gasteiger partial charge in [-0.15, -0.1) is 10.2 Å². The van der Waals surface area contributed by atoms with Crippen LogP contribution in [0.4, 0.5) is 5.95 Å². The Morgan fingerprint density at radius 1 is 1.14 bits per heavy atom. The number of aromatic nitrogens is 5. The molecular weight excluding hydrogens is 508 g/mol. The van der Waals surface area contributed by atoms with E-state index in [9.17, 15) is 8.42 Å². The van der Waals surface area contributed by atoms with Gasteiger partial charge >= 0.3 is 0 Å². The predicted molar refractivity (Wildman–Crippen MR) is 135 cm³/mol. The first-order chi connectivity index (χ1) is 17.2. The first-order valence-electron chi connectivity index (χ1n) is 11.4. The monoisotopic (exact) mass is 536 g/mol. The van der Waals surface area contributed by atoms with E-state index < -0.39 is 21.2 Å². The quantitative estimate of drug-likeness (QED) is 0.436. The van der Waals surface area contributed by atoms with E-state index in [-0.39, 0.29) is 18.0 Å². The minimum atomic E-state index is -3.96. The summed E-state index contributed by atoms with van der Waals surface area (Å²) in [6.45, 7) is 5.74. The van der Waals surface area contributed by atoms with Crippen molar-refractivity contribution in [2.75, 3.05) is 25.5 Å². The lowest BCUT2D eigenvalue weighted by Crippen LogP contribution is -2.31. The van der Waals surface area contributed by atoms with Crippen LogP contribution in [-0.4, -0.2) is 65.3 Å². The van der Waals surface area contributed by atoms with Crippen LogP contribution in [0.5, 0.6) is 11.5 Å². The smallest absolute Gasteiger partial charge is 0.243 e. The second-order valence-corrected chi connectivity index (χ2v) is 11.2. The summed E-state index contributed by atoms with van der Waals surface area (Å²) in [4.78, 5) is 8.36. The molecule has 36 heavy (non-hydrogen) atoms. The third-order valence-corrected chi connectivity index (χ3v) is 8.40. The van der Waals surface area contributed by atoms with Crippen LogP contribution in [0.2, 0.25) is 5.02 Å². The third kappa shape index (κ3) is 5.11. The van der Waals surface area contributed by atoms with Gasteiger partial charge in [0.05, 0.1) is 37.2 Å². The average molecular weight is 537 g/mol. The maximum atomic E-state index is 13.5. The van der Waals surface area contributed by atoms with Crippen molar-refractivity contribution in [1.82, 2.24) is 24.7 Å². The second kappa shape index (κ2) is 10.6. The minimum absolute atomic E-state index is 0.0171. The van der Waals surface area contributed by atoms with Crippen molar-refractivity contribution in [2.24, 2.45) is 0 Å². The zero-order valence-corrected chi connectivity index (χ0v) is 22.2. The Kier molecular flexibility index (Phi) is 7.67. The summed E-state index contributed by atoms with van der Waals surface area (Å²) in [6.07, 6.45) is 3.63. The number of rotatable bonds is 9. The van der Waals surface area contributed by atoms with E-state index in [0.717, 1.165) is 0 Å². The molecule has 3 heterocycles. The summed E-state index contributed by atoms with van der Waals surface area (Å²) >= 11 is 5.88. The van der Waals surface area contributed by atoms with Crippen LogP contribution in [0.3, 0.4) is 0 Å². The molecule has 11 nitrogen and oxygen atoms in total. The Hall–Kier alpha value is -2.96. The lowest BCUT2D eigenvalue weighted by Gasteiger charge is -2.22.